The third-order valence-corrected chi connectivity index (χ3v) is 2.41. The molecule has 17 heavy (non-hydrogen) atoms. The number of nitrogens with zero attached hydrogens (tertiary/aromatic N) is 3. The molecule has 0 aliphatic carbocycles. The highest BCUT2D eigenvalue weighted by molar-refractivity contribution is 5.46. The minimum absolute atomic E-state index is 0.289. The van der Waals surface area contributed by atoms with E-state index in [1.807, 2.05) is 13.8 Å². The van der Waals surface area contributed by atoms with Crippen LogP contribution in [-0.2, 0) is 12.8 Å². The summed E-state index contributed by atoms with van der Waals surface area (Å²) in [5.41, 5.74) is 2.26. The normalized spacial score (nSPS) is 9.41. The molecule has 0 aromatic carbocycles. The van der Waals surface area contributed by atoms with Gasteiger partial charge in [0, 0.05) is 6.42 Å². The Labute approximate surface area is 102 Å². The van der Waals surface area contributed by atoms with Crippen molar-refractivity contribution in [3.63, 3.8) is 0 Å². The lowest BCUT2D eigenvalue weighted by atomic mass is 10.0. The lowest BCUT2D eigenvalue weighted by molar-refractivity contribution is 0.308. The van der Waals surface area contributed by atoms with Gasteiger partial charge in [-0.25, -0.2) is 0 Å². The van der Waals surface area contributed by atoms with E-state index >= 15 is 0 Å². The Morgan fingerprint density at radius 3 is 2.59 bits per heavy atom. The predicted molar refractivity (Wildman–Crippen MR) is 64.4 cm³/mol. The van der Waals surface area contributed by atoms with Gasteiger partial charge in [-0.2, -0.15) is 10.4 Å². The number of rotatable bonds is 5. The summed E-state index contributed by atoms with van der Waals surface area (Å²) >= 11 is 0. The third kappa shape index (κ3) is 2.95. The van der Waals surface area contributed by atoms with Crippen molar-refractivity contribution < 1.29 is 4.74 Å². The highest BCUT2D eigenvalue weighted by atomic mass is 16.5. The Kier molecular flexibility index (Phi) is 4.97. The molecule has 0 saturated carbocycles. The van der Waals surface area contributed by atoms with E-state index in [0.29, 0.717) is 18.6 Å². The van der Waals surface area contributed by atoms with Crippen molar-refractivity contribution in [2.75, 3.05) is 6.61 Å². The van der Waals surface area contributed by atoms with Gasteiger partial charge >= 0.3 is 0 Å². The van der Waals surface area contributed by atoms with Crippen LogP contribution in [0.1, 0.15) is 37.1 Å². The summed E-state index contributed by atoms with van der Waals surface area (Å²) < 4.78 is 5.37. The molecular weight excluding hydrogens is 214 g/mol. The van der Waals surface area contributed by atoms with Crippen molar-refractivity contribution in [3.05, 3.63) is 16.8 Å². The van der Waals surface area contributed by atoms with Crippen molar-refractivity contribution in [1.82, 2.24) is 10.2 Å². The van der Waals surface area contributed by atoms with E-state index in [1.54, 1.807) is 0 Å². The number of hydrogen-bond donors (Lipinski definition) is 0. The highest BCUT2D eigenvalue weighted by Gasteiger charge is 2.14. The van der Waals surface area contributed by atoms with Crippen molar-refractivity contribution >= 4 is 0 Å². The van der Waals surface area contributed by atoms with Crippen LogP contribution in [0.25, 0.3) is 0 Å². The Bertz CT molecular complexity index is 469. The van der Waals surface area contributed by atoms with Gasteiger partial charge in [-0.1, -0.05) is 13.8 Å². The summed E-state index contributed by atoms with van der Waals surface area (Å²) in [5.74, 6) is 2.76. The van der Waals surface area contributed by atoms with E-state index in [0.717, 1.165) is 24.1 Å². The summed E-state index contributed by atoms with van der Waals surface area (Å²) in [7, 11) is 0. The Balaban J connectivity index is 3.07. The van der Waals surface area contributed by atoms with E-state index in [-0.39, 0.29) is 5.88 Å². The second-order valence-electron chi connectivity index (χ2n) is 3.43. The van der Waals surface area contributed by atoms with Crippen molar-refractivity contribution in [1.29, 1.82) is 5.26 Å². The first-order valence-corrected chi connectivity index (χ1v) is 5.63. The van der Waals surface area contributed by atoms with E-state index in [4.69, 9.17) is 16.4 Å². The van der Waals surface area contributed by atoms with Gasteiger partial charge in [0.15, 0.2) is 0 Å². The van der Waals surface area contributed by atoms with E-state index in [1.165, 1.54) is 0 Å². The van der Waals surface area contributed by atoms with Crippen molar-refractivity contribution in [2.24, 2.45) is 0 Å². The van der Waals surface area contributed by atoms with Crippen LogP contribution in [0.3, 0.4) is 0 Å². The number of hydrogen-bond acceptors (Lipinski definition) is 4. The van der Waals surface area contributed by atoms with Gasteiger partial charge in [-0.15, -0.1) is 17.4 Å². The molecule has 0 radical (unpaired) electrons. The Hall–Kier alpha value is -2.07. The molecule has 1 heterocycles. The lowest BCUT2D eigenvalue weighted by Crippen LogP contribution is -2.08. The van der Waals surface area contributed by atoms with E-state index < -0.39 is 0 Å². The Morgan fingerprint density at radius 1 is 1.29 bits per heavy atom. The molecule has 0 fully saturated rings. The van der Waals surface area contributed by atoms with Gasteiger partial charge in [-0.3, -0.25) is 0 Å². The van der Waals surface area contributed by atoms with Gasteiger partial charge < -0.3 is 4.74 Å². The van der Waals surface area contributed by atoms with Crippen molar-refractivity contribution in [2.45, 2.75) is 33.1 Å². The number of ether oxygens (including phenoxy) is 1. The standard InChI is InChI=1S/C13H15N3O/c1-4-7-8-17-13-11(9-14)10(5-2)12(6-3)15-16-13/h1H,5-8H2,2-3H3. The monoisotopic (exact) mass is 229 g/mol. The molecule has 0 N–H and O–H groups in total. The van der Waals surface area contributed by atoms with Gasteiger partial charge in [0.2, 0.25) is 0 Å². The van der Waals surface area contributed by atoms with Crippen LogP contribution in [-0.4, -0.2) is 16.8 Å². The largest absolute Gasteiger partial charge is 0.475 e. The molecule has 1 aromatic rings. The molecule has 1 aromatic heterocycles. The first kappa shape index (κ1) is 13.0. The molecule has 4 heteroatoms. The zero-order valence-electron chi connectivity index (χ0n) is 10.2. The first-order chi connectivity index (χ1) is 8.28. The van der Waals surface area contributed by atoms with Gasteiger partial charge in [-0.05, 0) is 18.4 Å². The fourth-order valence-corrected chi connectivity index (χ4v) is 1.58. The molecule has 0 amide bonds. The molecule has 0 spiro atoms. The lowest BCUT2D eigenvalue weighted by Gasteiger charge is -2.10. The number of aryl methyl sites for hydroxylation is 1. The zero-order valence-corrected chi connectivity index (χ0v) is 10.2. The molecule has 4 nitrogen and oxygen atoms in total. The van der Waals surface area contributed by atoms with Crippen LogP contribution in [0, 0.1) is 23.7 Å². The quantitative estimate of drug-likeness (QED) is 0.571. The molecule has 0 atom stereocenters. The third-order valence-electron chi connectivity index (χ3n) is 2.41. The summed E-state index contributed by atoms with van der Waals surface area (Å²) in [6.07, 6.45) is 7.13. The van der Waals surface area contributed by atoms with E-state index in [2.05, 4.69) is 22.2 Å². The first-order valence-electron chi connectivity index (χ1n) is 5.63. The highest BCUT2D eigenvalue weighted by Crippen LogP contribution is 2.21. The van der Waals surface area contributed by atoms with E-state index in [9.17, 15) is 0 Å². The fourth-order valence-electron chi connectivity index (χ4n) is 1.58. The summed E-state index contributed by atoms with van der Waals surface area (Å²) in [5, 5.41) is 17.2. The van der Waals surface area contributed by atoms with Gasteiger partial charge in [0.05, 0.1) is 5.69 Å². The van der Waals surface area contributed by atoms with Crippen LogP contribution in [0.4, 0.5) is 0 Å². The number of aromatic nitrogens is 2. The smallest absolute Gasteiger partial charge is 0.251 e. The molecule has 0 bridgehead atoms. The zero-order chi connectivity index (χ0) is 12.7. The summed E-state index contributed by atoms with van der Waals surface area (Å²) in [6.45, 7) is 4.33. The average molecular weight is 229 g/mol. The second kappa shape index (κ2) is 6.50. The second-order valence-corrected chi connectivity index (χ2v) is 3.43. The minimum Gasteiger partial charge on any atom is -0.475 e. The summed E-state index contributed by atoms with van der Waals surface area (Å²) in [6, 6.07) is 2.14. The maximum absolute atomic E-state index is 9.17. The predicted octanol–water partition coefficient (Wildman–Crippen LogP) is 1.88. The molecule has 1 rings (SSSR count). The number of terminal acetylenes is 1. The molecule has 0 aliphatic rings. The maximum atomic E-state index is 9.17. The van der Waals surface area contributed by atoms with Crippen LogP contribution < -0.4 is 4.74 Å². The minimum atomic E-state index is 0.289. The molecule has 0 saturated heterocycles. The summed E-state index contributed by atoms with van der Waals surface area (Å²) in [4.78, 5) is 0. The molecule has 0 unspecified atom stereocenters. The topological polar surface area (TPSA) is 58.8 Å². The van der Waals surface area contributed by atoms with Crippen molar-refractivity contribution in [3.8, 4) is 24.3 Å². The van der Waals surface area contributed by atoms with Crippen LogP contribution in [0.5, 0.6) is 5.88 Å². The SMILES string of the molecule is C#CCCOc1nnc(CC)c(CC)c1C#N. The number of nitriles is 1. The van der Waals surface area contributed by atoms with Crippen LogP contribution in [0.15, 0.2) is 0 Å². The van der Waals surface area contributed by atoms with Crippen LogP contribution in [0.2, 0.25) is 0 Å². The average Bonchev–Trinajstić information content (AvgIpc) is 2.38. The van der Waals surface area contributed by atoms with Crippen LogP contribution >= 0.6 is 0 Å². The maximum Gasteiger partial charge on any atom is 0.251 e. The Morgan fingerprint density at radius 2 is 2.06 bits per heavy atom. The molecule has 88 valence electrons. The molecular formula is C13H15N3O. The van der Waals surface area contributed by atoms with Gasteiger partial charge in [0.25, 0.3) is 5.88 Å². The fraction of sp³-hybridized carbons (Fsp3) is 0.462. The molecule has 0 aliphatic heterocycles. The van der Waals surface area contributed by atoms with Gasteiger partial charge in [0.1, 0.15) is 18.2 Å².